The highest BCUT2D eigenvalue weighted by Crippen LogP contribution is 2.58. The SMILES string of the molecule is C=C1NC(=O)C(c2ccccc2)CC12CC2. The third kappa shape index (κ3) is 1.37. The van der Waals surface area contributed by atoms with Gasteiger partial charge in [-0.15, -0.1) is 0 Å². The molecule has 16 heavy (non-hydrogen) atoms. The lowest BCUT2D eigenvalue weighted by Crippen LogP contribution is -2.39. The van der Waals surface area contributed by atoms with E-state index in [4.69, 9.17) is 0 Å². The molecule has 1 unspecified atom stereocenters. The summed E-state index contributed by atoms with van der Waals surface area (Å²) in [5, 5.41) is 2.95. The van der Waals surface area contributed by atoms with Gasteiger partial charge in [-0.2, -0.15) is 0 Å². The number of nitrogens with one attached hydrogen (secondary N) is 1. The van der Waals surface area contributed by atoms with Crippen LogP contribution in [0, 0.1) is 5.41 Å². The van der Waals surface area contributed by atoms with Crippen LogP contribution in [-0.4, -0.2) is 5.91 Å². The number of carbonyl (C=O) groups excluding carboxylic acids is 1. The number of amides is 1. The third-order valence-corrected chi connectivity index (χ3v) is 3.88. The van der Waals surface area contributed by atoms with E-state index in [1.165, 1.54) is 12.8 Å². The largest absolute Gasteiger partial charge is 0.329 e. The molecule has 1 aliphatic heterocycles. The van der Waals surface area contributed by atoms with Crippen LogP contribution in [0.25, 0.3) is 0 Å². The molecule has 1 heterocycles. The van der Waals surface area contributed by atoms with E-state index < -0.39 is 0 Å². The Bertz CT molecular complexity index is 445. The van der Waals surface area contributed by atoms with Crippen LogP contribution in [0.4, 0.5) is 0 Å². The highest BCUT2D eigenvalue weighted by Gasteiger charge is 2.51. The van der Waals surface area contributed by atoms with Crippen LogP contribution in [-0.2, 0) is 4.79 Å². The number of hydrogen-bond donors (Lipinski definition) is 1. The first kappa shape index (κ1) is 9.64. The summed E-state index contributed by atoms with van der Waals surface area (Å²) in [4.78, 5) is 11.9. The fraction of sp³-hybridized carbons (Fsp3) is 0.357. The molecule has 2 aliphatic rings. The summed E-state index contributed by atoms with van der Waals surface area (Å²) in [6.45, 7) is 3.98. The third-order valence-electron chi connectivity index (χ3n) is 3.88. The molecular weight excluding hydrogens is 198 g/mol. The van der Waals surface area contributed by atoms with E-state index in [-0.39, 0.29) is 17.2 Å². The zero-order chi connectivity index (χ0) is 11.2. The molecule has 1 N–H and O–H groups in total. The van der Waals surface area contributed by atoms with E-state index in [0.717, 1.165) is 17.7 Å². The summed E-state index contributed by atoms with van der Waals surface area (Å²) in [5.74, 6) is 0.114. The van der Waals surface area contributed by atoms with Crippen LogP contribution in [0.2, 0.25) is 0 Å². The highest BCUT2D eigenvalue weighted by molar-refractivity contribution is 5.87. The molecule has 1 atom stereocenters. The zero-order valence-corrected chi connectivity index (χ0v) is 9.20. The second-order valence-electron chi connectivity index (χ2n) is 4.92. The van der Waals surface area contributed by atoms with Crippen LogP contribution in [0.3, 0.4) is 0 Å². The maximum atomic E-state index is 11.9. The lowest BCUT2D eigenvalue weighted by Gasteiger charge is -2.31. The van der Waals surface area contributed by atoms with E-state index >= 15 is 0 Å². The zero-order valence-electron chi connectivity index (χ0n) is 9.20. The standard InChI is InChI=1S/C14H15NO/c1-10-14(7-8-14)9-12(13(16)15-10)11-5-3-2-4-6-11/h2-6,12H,1,7-9H2,(H,15,16). The number of piperidine rings is 1. The van der Waals surface area contributed by atoms with Gasteiger partial charge in [0.15, 0.2) is 0 Å². The Morgan fingerprint density at radius 3 is 2.56 bits per heavy atom. The van der Waals surface area contributed by atoms with Gasteiger partial charge >= 0.3 is 0 Å². The van der Waals surface area contributed by atoms with E-state index in [2.05, 4.69) is 11.9 Å². The molecule has 1 aromatic carbocycles. The van der Waals surface area contributed by atoms with E-state index in [1.54, 1.807) is 0 Å². The molecule has 0 bridgehead atoms. The number of allylic oxidation sites excluding steroid dienone is 1. The van der Waals surface area contributed by atoms with Crippen molar-refractivity contribution in [2.24, 2.45) is 5.41 Å². The number of hydrogen-bond acceptors (Lipinski definition) is 1. The van der Waals surface area contributed by atoms with Crippen molar-refractivity contribution in [3.05, 3.63) is 48.2 Å². The topological polar surface area (TPSA) is 29.1 Å². The second-order valence-corrected chi connectivity index (χ2v) is 4.92. The van der Waals surface area contributed by atoms with E-state index in [0.29, 0.717) is 0 Å². The Kier molecular flexibility index (Phi) is 1.93. The molecule has 82 valence electrons. The summed E-state index contributed by atoms with van der Waals surface area (Å²) in [6, 6.07) is 10.0. The highest BCUT2D eigenvalue weighted by atomic mass is 16.2. The Morgan fingerprint density at radius 1 is 1.25 bits per heavy atom. The Hall–Kier alpha value is -1.57. The fourth-order valence-electron chi connectivity index (χ4n) is 2.59. The van der Waals surface area contributed by atoms with E-state index in [1.807, 2.05) is 30.3 Å². The Labute approximate surface area is 95.4 Å². The Balaban J connectivity index is 1.91. The average molecular weight is 213 g/mol. The molecule has 1 amide bonds. The van der Waals surface area contributed by atoms with Crippen molar-refractivity contribution in [2.75, 3.05) is 0 Å². The van der Waals surface area contributed by atoms with Crippen molar-refractivity contribution >= 4 is 5.91 Å². The maximum Gasteiger partial charge on any atom is 0.231 e. The second kappa shape index (κ2) is 3.21. The summed E-state index contributed by atoms with van der Waals surface area (Å²) in [7, 11) is 0. The molecule has 0 radical (unpaired) electrons. The molecule has 2 nitrogen and oxygen atoms in total. The average Bonchev–Trinajstić information content (AvgIpc) is 3.06. The van der Waals surface area contributed by atoms with Gasteiger partial charge in [0.2, 0.25) is 5.91 Å². The van der Waals surface area contributed by atoms with Crippen LogP contribution < -0.4 is 5.32 Å². The van der Waals surface area contributed by atoms with Crippen LogP contribution in [0.15, 0.2) is 42.6 Å². The lowest BCUT2D eigenvalue weighted by molar-refractivity contribution is -0.123. The van der Waals surface area contributed by atoms with Crippen molar-refractivity contribution in [2.45, 2.75) is 25.2 Å². The minimum atomic E-state index is 0.00852. The molecule has 1 saturated heterocycles. The normalized spacial score (nSPS) is 26.6. The van der Waals surface area contributed by atoms with Crippen molar-refractivity contribution in [1.82, 2.24) is 5.32 Å². The minimum Gasteiger partial charge on any atom is -0.329 e. The molecule has 0 aromatic heterocycles. The van der Waals surface area contributed by atoms with Crippen LogP contribution in [0.1, 0.15) is 30.7 Å². The molecule has 1 aliphatic carbocycles. The monoisotopic (exact) mass is 213 g/mol. The predicted molar refractivity (Wildman–Crippen MR) is 62.7 cm³/mol. The van der Waals surface area contributed by atoms with Crippen molar-refractivity contribution in [3.8, 4) is 0 Å². The predicted octanol–water partition coefficient (Wildman–Crippen LogP) is 2.58. The van der Waals surface area contributed by atoms with Crippen LogP contribution >= 0.6 is 0 Å². The molecule has 3 rings (SSSR count). The first-order chi connectivity index (χ1) is 7.71. The molecule has 2 fully saturated rings. The van der Waals surface area contributed by atoms with Gasteiger partial charge in [-0.3, -0.25) is 4.79 Å². The van der Waals surface area contributed by atoms with Crippen molar-refractivity contribution < 1.29 is 4.79 Å². The first-order valence-electron chi connectivity index (χ1n) is 5.76. The number of rotatable bonds is 1. The van der Waals surface area contributed by atoms with Gasteiger partial charge in [0.1, 0.15) is 0 Å². The molecular formula is C14H15NO. The molecule has 1 aromatic rings. The van der Waals surface area contributed by atoms with Gasteiger partial charge in [0, 0.05) is 11.1 Å². The first-order valence-corrected chi connectivity index (χ1v) is 5.76. The number of benzene rings is 1. The smallest absolute Gasteiger partial charge is 0.231 e. The molecule has 2 heteroatoms. The summed E-state index contributed by atoms with van der Waals surface area (Å²) in [5.41, 5.74) is 2.28. The Morgan fingerprint density at radius 2 is 1.94 bits per heavy atom. The minimum absolute atomic E-state index is 0.00852. The summed E-state index contributed by atoms with van der Waals surface area (Å²) in [6.07, 6.45) is 3.28. The van der Waals surface area contributed by atoms with E-state index in [9.17, 15) is 4.79 Å². The summed E-state index contributed by atoms with van der Waals surface area (Å²) >= 11 is 0. The van der Waals surface area contributed by atoms with Crippen molar-refractivity contribution in [1.29, 1.82) is 0 Å². The quantitative estimate of drug-likeness (QED) is 0.763. The van der Waals surface area contributed by atoms with Gasteiger partial charge in [0.05, 0.1) is 5.92 Å². The molecule has 1 spiro atoms. The number of carbonyl (C=O) groups is 1. The lowest BCUT2D eigenvalue weighted by atomic mass is 9.81. The van der Waals surface area contributed by atoms with Crippen molar-refractivity contribution in [3.63, 3.8) is 0 Å². The van der Waals surface area contributed by atoms with Gasteiger partial charge in [-0.05, 0) is 24.8 Å². The van der Waals surface area contributed by atoms with Gasteiger partial charge in [-0.25, -0.2) is 0 Å². The van der Waals surface area contributed by atoms with Gasteiger partial charge in [-0.1, -0.05) is 36.9 Å². The summed E-state index contributed by atoms with van der Waals surface area (Å²) < 4.78 is 0. The molecule has 1 saturated carbocycles. The van der Waals surface area contributed by atoms with Gasteiger partial charge in [0.25, 0.3) is 0 Å². The maximum absolute atomic E-state index is 11.9. The fourth-order valence-corrected chi connectivity index (χ4v) is 2.59. The van der Waals surface area contributed by atoms with Gasteiger partial charge < -0.3 is 5.32 Å². The van der Waals surface area contributed by atoms with Crippen LogP contribution in [0.5, 0.6) is 0 Å².